The van der Waals surface area contributed by atoms with Crippen molar-refractivity contribution in [2.75, 3.05) is 12.8 Å². The van der Waals surface area contributed by atoms with E-state index in [-0.39, 0.29) is 5.91 Å². The number of nitrogens with one attached hydrogen (secondary N) is 1. The Morgan fingerprint density at radius 1 is 1.62 bits per heavy atom. The van der Waals surface area contributed by atoms with Gasteiger partial charge in [0.15, 0.2) is 0 Å². The zero-order valence-electron chi connectivity index (χ0n) is 7.32. The van der Waals surface area contributed by atoms with Gasteiger partial charge in [-0.05, 0) is 23.8 Å². The average Bonchev–Trinajstić information content (AvgIpc) is 2.16. The van der Waals surface area contributed by atoms with E-state index in [1.807, 2.05) is 0 Å². The number of nitrogen functional groups attached to an aromatic ring is 1. The number of amides is 1. The first kappa shape index (κ1) is 9.25. The number of aromatic nitrogens is 1. The van der Waals surface area contributed by atoms with E-state index >= 15 is 0 Å². The Balaban J connectivity index is 2.69. The summed E-state index contributed by atoms with van der Waals surface area (Å²) in [5, 5.41) is 2.48. The minimum absolute atomic E-state index is 0.142. The molecular formula is C9H11N3O. The van der Waals surface area contributed by atoms with Gasteiger partial charge in [-0.25, -0.2) is 4.98 Å². The number of carbonyl (C=O) groups excluding carboxylic acids is 1. The number of pyridine rings is 1. The van der Waals surface area contributed by atoms with Crippen LogP contribution in [-0.4, -0.2) is 17.9 Å². The fourth-order valence-electron chi connectivity index (χ4n) is 0.771. The molecule has 0 bridgehead atoms. The molecule has 1 heterocycles. The van der Waals surface area contributed by atoms with Crippen LogP contribution >= 0.6 is 0 Å². The summed E-state index contributed by atoms with van der Waals surface area (Å²) in [4.78, 5) is 14.7. The summed E-state index contributed by atoms with van der Waals surface area (Å²) in [6.07, 6.45) is 4.72. The number of hydrogen-bond acceptors (Lipinski definition) is 3. The molecule has 13 heavy (non-hydrogen) atoms. The van der Waals surface area contributed by atoms with Crippen molar-refractivity contribution in [3.8, 4) is 0 Å². The van der Waals surface area contributed by atoms with Gasteiger partial charge in [-0.1, -0.05) is 0 Å². The molecule has 1 aromatic rings. The van der Waals surface area contributed by atoms with E-state index in [0.29, 0.717) is 5.82 Å². The first-order chi connectivity index (χ1) is 6.22. The molecule has 0 aliphatic heterocycles. The van der Waals surface area contributed by atoms with Crippen molar-refractivity contribution in [1.29, 1.82) is 0 Å². The van der Waals surface area contributed by atoms with Crippen molar-refractivity contribution in [3.05, 3.63) is 30.0 Å². The van der Waals surface area contributed by atoms with E-state index in [4.69, 9.17) is 5.73 Å². The molecule has 1 rings (SSSR count). The van der Waals surface area contributed by atoms with Gasteiger partial charge in [0.25, 0.3) is 0 Å². The summed E-state index contributed by atoms with van der Waals surface area (Å²) < 4.78 is 0. The fourth-order valence-corrected chi connectivity index (χ4v) is 0.771. The Morgan fingerprint density at radius 3 is 2.92 bits per heavy atom. The highest BCUT2D eigenvalue weighted by Gasteiger charge is 1.90. The predicted molar refractivity (Wildman–Crippen MR) is 51.8 cm³/mol. The zero-order chi connectivity index (χ0) is 9.68. The van der Waals surface area contributed by atoms with Crippen LogP contribution in [-0.2, 0) is 4.79 Å². The number of nitrogens with zero attached hydrogens (tertiary/aromatic N) is 1. The van der Waals surface area contributed by atoms with Gasteiger partial charge in [-0.15, -0.1) is 0 Å². The molecule has 4 nitrogen and oxygen atoms in total. The number of hydrogen-bond donors (Lipinski definition) is 2. The summed E-state index contributed by atoms with van der Waals surface area (Å²) in [5.74, 6) is 0.328. The van der Waals surface area contributed by atoms with E-state index in [9.17, 15) is 4.79 Å². The number of likely N-dealkylation sites (N-methyl/N-ethyl adjacent to an activating group) is 1. The molecule has 4 heteroatoms. The number of carbonyl (C=O) groups is 1. The van der Waals surface area contributed by atoms with Crippen LogP contribution in [0, 0.1) is 0 Å². The highest BCUT2D eigenvalue weighted by molar-refractivity contribution is 5.91. The highest BCUT2D eigenvalue weighted by Crippen LogP contribution is 2.02. The molecule has 0 saturated heterocycles. The first-order valence-corrected chi connectivity index (χ1v) is 3.83. The molecule has 0 atom stereocenters. The van der Waals surface area contributed by atoms with Crippen LogP contribution in [0.4, 0.5) is 5.82 Å². The second-order valence-corrected chi connectivity index (χ2v) is 2.46. The van der Waals surface area contributed by atoms with Crippen molar-refractivity contribution in [3.63, 3.8) is 0 Å². The van der Waals surface area contributed by atoms with E-state index in [1.165, 1.54) is 6.08 Å². The third-order valence-corrected chi connectivity index (χ3v) is 1.48. The number of nitrogens with two attached hydrogens (primary N) is 1. The van der Waals surface area contributed by atoms with Crippen molar-refractivity contribution >= 4 is 17.8 Å². The monoisotopic (exact) mass is 177 g/mol. The van der Waals surface area contributed by atoms with Crippen molar-refractivity contribution < 1.29 is 4.79 Å². The van der Waals surface area contributed by atoms with E-state index in [2.05, 4.69) is 10.3 Å². The molecule has 0 aliphatic rings. The molecule has 1 amide bonds. The fraction of sp³-hybridized carbons (Fsp3) is 0.111. The Bertz CT molecular complexity index is 316. The van der Waals surface area contributed by atoms with Gasteiger partial charge in [0.1, 0.15) is 5.82 Å². The highest BCUT2D eigenvalue weighted by atomic mass is 16.1. The molecular weight excluding hydrogens is 166 g/mol. The largest absolute Gasteiger partial charge is 0.384 e. The Kier molecular flexibility index (Phi) is 3.03. The topological polar surface area (TPSA) is 68.0 Å². The number of anilines is 1. The maximum Gasteiger partial charge on any atom is 0.243 e. The first-order valence-electron chi connectivity index (χ1n) is 3.83. The maximum atomic E-state index is 10.8. The lowest BCUT2D eigenvalue weighted by atomic mass is 10.2. The second-order valence-electron chi connectivity index (χ2n) is 2.46. The van der Waals surface area contributed by atoms with Crippen LogP contribution in [0.1, 0.15) is 5.56 Å². The predicted octanol–water partition coefficient (Wildman–Crippen LogP) is 0.423. The van der Waals surface area contributed by atoms with Gasteiger partial charge in [-0.2, -0.15) is 0 Å². The smallest absolute Gasteiger partial charge is 0.243 e. The van der Waals surface area contributed by atoms with Crippen LogP contribution in [0.3, 0.4) is 0 Å². The Hall–Kier alpha value is -1.84. The van der Waals surface area contributed by atoms with E-state index in [0.717, 1.165) is 5.56 Å². The van der Waals surface area contributed by atoms with Gasteiger partial charge < -0.3 is 11.1 Å². The van der Waals surface area contributed by atoms with Crippen molar-refractivity contribution in [1.82, 2.24) is 10.3 Å². The summed E-state index contributed by atoms with van der Waals surface area (Å²) >= 11 is 0. The van der Waals surface area contributed by atoms with Crippen LogP contribution in [0.5, 0.6) is 0 Å². The Labute approximate surface area is 76.5 Å². The van der Waals surface area contributed by atoms with Gasteiger partial charge >= 0.3 is 0 Å². The average molecular weight is 177 g/mol. The molecule has 3 N–H and O–H groups in total. The van der Waals surface area contributed by atoms with Crippen LogP contribution in [0.2, 0.25) is 0 Å². The lowest BCUT2D eigenvalue weighted by Gasteiger charge is -1.93. The molecule has 0 fully saturated rings. The third kappa shape index (κ3) is 2.94. The molecule has 68 valence electrons. The van der Waals surface area contributed by atoms with Crippen LogP contribution in [0.25, 0.3) is 6.08 Å². The summed E-state index contributed by atoms with van der Waals surface area (Å²) in [5.41, 5.74) is 6.24. The molecule has 0 saturated carbocycles. The van der Waals surface area contributed by atoms with Crippen LogP contribution in [0.15, 0.2) is 24.4 Å². The lowest BCUT2D eigenvalue weighted by Crippen LogP contribution is -2.13. The normalized spacial score (nSPS) is 10.2. The van der Waals surface area contributed by atoms with Crippen molar-refractivity contribution in [2.24, 2.45) is 0 Å². The molecule has 0 spiro atoms. The van der Waals surface area contributed by atoms with Gasteiger partial charge in [0.2, 0.25) is 5.91 Å². The molecule has 1 aromatic heterocycles. The Morgan fingerprint density at radius 2 is 2.38 bits per heavy atom. The van der Waals surface area contributed by atoms with Gasteiger partial charge in [-0.3, -0.25) is 4.79 Å². The summed E-state index contributed by atoms with van der Waals surface area (Å²) in [7, 11) is 1.58. The third-order valence-electron chi connectivity index (χ3n) is 1.48. The van der Waals surface area contributed by atoms with E-state index < -0.39 is 0 Å². The van der Waals surface area contributed by atoms with Gasteiger partial charge in [0, 0.05) is 19.3 Å². The van der Waals surface area contributed by atoms with Crippen LogP contribution < -0.4 is 11.1 Å². The summed E-state index contributed by atoms with van der Waals surface area (Å²) in [6.45, 7) is 0. The SMILES string of the molecule is CNC(=O)C=Cc1ccc(N)nc1. The lowest BCUT2D eigenvalue weighted by molar-refractivity contribution is -0.115. The molecule has 0 radical (unpaired) electrons. The quantitative estimate of drug-likeness (QED) is 0.643. The standard InChI is InChI=1S/C9H11N3O/c1-11-9(13)5-3-7-2-4-8(10)12-6-7/h2-6H,1H3,(H2,10,12)(H,11,13). The van der Waals surface area contributed by atoms with Crippen molar-refractivity contribution in [2.45, 2.75) is 0 Å². The summed E-state index contributed by atoms with van der Waals surface area (Å²) in [6, 6.07) is 3.48. The minimum Gasteiger partial charge on any atom is -0.384 e. The molecule has 0 unspecified atom stereocenters. The second kappa shape index (κ2) is 4.25. The van der Waals surface area contributed by atoms with Gasteiger partial charge in [0.05, 0.1) is 0 Å². The zero-order valence-corrected chi connectivity index (χ0v) is 7.32. The van der Waals surface area contributed by atoms with E-state index in [1.54, 1.807) is 31.5 Å². The molecule has 0 aliphatic carbocycles. The minimum atomic E-state index is -0.142. The number of rotatable bonds is 2. The maximum absolute atomic E-state index is 10.8. The molecule has 0 aromatic carbocycles.